The fourth-order valence-corrected chi connectivity index (χ4v) is 3.43. The van der Waals surface area contributed by atoms with E-state index in [-0.39, 0.29) is 36.9 Å². The summed E-state index contributed by atoms with van der Waals surface area (Å²) in [7, 11) is 0. The van der Waals surface area contributed by atoms with Crippen LogP contribution in [0.3, 0.4) is 0 Å². The second-order valence-electron chi connectivity index (χ2n) is 7.43. The second kappa shape index (κ2) is 10.6. The maximum absolute atomic E-state index is 12.8. The van der Waals surface area contributed by atoms with Crippen LogP contribution in [0, 0.1) is 0 Å². The highest BCUT2D eigenvalue weighted by Crippen LogP contribution is 2.29. The van der Waals surface area contributed by atoms with Crippen LogP contribution in [-0.4, -0.2) is 54.5 Å². The first-order chi connectivity index (χ1) is 13.7. The van der Waals surface area contributed by atoms with E-state index < -0.39 is 12.0 Å². The molecule has 1 fully saturated rings. The highest BCUT2D eigenvalue weighted by atomic mass is 79.9. The van der Waals surface area contributed by atoms with Crippen molar-refractivity contribution in [3.05, 3.63) is 28.2 Å². The molecule has 1 aromatic carbocycles. The summed E-state index contributed by atoms with van der Waals surface area (Å²) in [4.78, 5) is 38.6. The molecule has 2 amide bonds. The zero-order valence-electron chi connectivity index (χ0n) is 17.4. The summed E-state index contributed by atoms with van der Waals surface area (Å²) in [5, 5.41) is 2.71. The molecule has 1 aliphatic rings. The van der Waals surface area contributed by atoms with E-state index in [1.807, 2.05) is 39.0 Å². The van der Waals surface area contributed by atoms with E-state index in [4.69, 9.17) is 9.47 Å². The molecule has 1 aliphatic heterocycles. The fourth-order valence-electron chi connectivity index (χ4n) is 3.05. The molecular formula is C21H29BrN2O5. The summed E-state index contributed by atoms with van der Waals surface area (Å²) >= 11 is 3.45. The number of benzene rings is 1. The fraction of sp³-hybridized carbons (Fsp3) is 0.571. The third-order valence-corrected chi connectivity index (χ3v) is 5.36. The molecule has 7 nitrogen and oxygen atoms in total. The van der Waals surface area contributed by atoms with Gasteiger partial charge in [-0.15, -0.1) is 0 Å². The van der Waals surface area contributed by atoms with Gasteiger partial charge < -0.3 is 19.7 Å². The molecule has 2 rings (SSSR count). The molecule has 0 bridgehead atoms. The zero-order chi connectivity index (χ0) is 21.6. The van der Waals surface area contributed by atoms with E-state index >= 15 is 0 Å². The highest BCUT2D eigenvalue weighted by Gasteiger charge is 2.35. The molecule has 0 aromatic heterocycles. The largest absolute Gasteiger partial charge is 0.483 e. The first kappa shape index (κ1) is 23.2. The molecular weight excluding hydrogens is 440 g/mol. The van der Waals surface area contributed by atoms with Gasteiger partial charge in [0, 0.05) is 17.6 Å². The maximum atomic E-state index is 12.8. The van der Waals surface area contributed by atoms with E-state index in [9.17, 15) is 14.4 Å². The van der Waals surface area contributed by atoms with E-state index in [1.165, 1.54) is 4.90 Å². The first-order valence-electron chi connectivity index (χ1n) is 9.91. The number of nitrogens with one attached hydrogen (secondary N) is 1. The Labute approximate surface area is 180 Å². The topological polar surface area (TPSA) is 84.9 Å². The number of esters is 1. The maximum Gasteiger partial charge on any atom is 0.308 e. The monoisotopic (exact) mass is 468 g/mol. The van der Waals surface area contributed by atoms with Gasteiger partial charge in [0.05, 0.1) is 12.5 Å². The standard InChI is InChI=1S/C21H29BrN2O5/c1-5-14(4)29-20(26)11-17-21(27)23-8-9-24(17)19(25)12-28-18-7-6-15(22)10-16(18)13(2)3/h6-7,10,13-14,17H,5,8-9,11-12H2,1-4H3,(H,23,27). The number of hydrogen-bond acceptors (Lipinski definition) is 5. The number of hydrogen-bond donors (Lipinski definition) is 1. The van der Waals surface area contributed by atoms with Crippen LogP contribution in [0.4, 0.5) is 0 Å². The van der Waals surface area contributed by atoms with Gasteiger partial charge in [0.15, 0.2) is 6.61 Å². The molecule has 160 valence electrons. The van der Waals surface area contributed by atoms with Crippen molar-refractivity contribution in [2.45, 2.75) is 58.6 Å². The van der Waals surface area contributed by atoms with Crippen LogP contribution in [0.5, 0.6) is 5.75 Å². The van der Waals surface area contributed by atoms with Crippen LogP contribution in [0.15, 0.2) is 22.7 Å². The van der Waals surface area contributed by atoms with Crippen molar-refractivity contribution in [2.24, 2.45) is 0 Å². The van der Waals surface area contributed by atoms with Crippen molar-refractivity contribution < 1.29 is 23.9 Å². The SMILES string of the molecule is CCC(C)OC(=O)CC1C(=O)NCCN1C(=O)COc1ccc(Br)cc1C(C)C. The smallest absolute Gasteiger partial charge is 0.308 e. The summed E-state index contributed by atoms with van der Waals surface area (Å²) in [6.45, 7) is 8.26. The third kappa shape index (κ3) is 6.45. The molecule has 1 aromatic rings. The lowest BCUT2D eigenvalue weighted by atomic mass is 10.0. The van der Waals surface area contributed by atoms with E-state index in [1.54, 1.807) is 6.92 Å². The Morgan fingerprint density at radius 2 is 2.03 bits per heavy atom. The molecule has 1 N–H and O–H groups in total. The first-order valence-corrected chi connectivity index (χ1v) is 10.7. The van der Waals surface area contributed by atoms with Gasteiger partial charge in [0.2, 0.25) is 5.91 Å². The predicted octanol–water partition coefficient (Wildman–Crippen LogP) is 3.01. The van der Waals surface area contributed by atoms with Gasteiger partial charge in [-0.1, -0.05) is 36.7 Å². The number of piperazine rings is 1. The minimum atomic E-state index is -0.883. The van der Waals surface area contributed by atoms with Crippen molar-refractivity contribution >= 4 is 33.7 Å². The lowest BCUT2D eigenvalue weighted by Crippen LogP contribution is -2.58. The van der Waals surface area contributed by atoms with Crippen molar-refractivity contribution in [3.8, 4) is 5.75 Å². The summed E-state index contributed by atoms with van der Waals surface area (Å²) in [5.41, 5.74) is 0.984. The number of amides is 2. The molecule has 2 unspecified atom stereocenters. The number of carbonyl (C=O) groups excluding carboxylic acids is 3. The Bertz CT molecular complexity index is 753. The molecule has 0 aliphatic carbocycles. The molecule has 29 heavy (non-hydrogen) atoms. The van der Waals surface area contributed by atoms with Crippen LogP contribution in [0.1, 0.15) is 52.0 Å². The van der Waals surface area contributed by atoms with Crippen LogP contribution in [0.2, 0.25) is 0 Å². The minimum absolute atomic E-state index is 0.169. The molecule has 8 heteroatoms. The summed E-state index contributed by atoms with van der Waals surface area (Å²) < 4.78 is 12.0. The Morgan fingerprint density at radius 3 is 2.69 bits per heavy atom. The molecule has 1 saturated heterocycles. The number of nitrogens with zero attached hydrogens (tertiary/aromatic N) is 1. The summed E-state index contributed by atoms with van der Waals surface area (Å²) in [6.07, 6.45) is 0.288. The predicted molar refractivity (Wildman–Crippen MR) is 113 cm³/mol. The van der Waals surface area contributed by atoms with E-state index in [2.05, 4.69) is 21.2 Å². The Kier molecular flexibility index (Phi) is 8.49. The second-order valence-corrected chi connectivity index (χ2v) is 8.35. The zero-order valence-corrected chi connectivity index (χ0v) is 19.0. The number of halogens is 1. The number of carbonyl (C=O) groups is 3. The number of rotatable bonds is 8. The average molecular weight is 469 g/mol. The van der Waals surface area contributed by atoms with E-state index in [0.717, 1.165) is 10.0 Å². The van der Waals surface area contributed by atoms with Gasteiger partial charge >= 0.3 is 5.97 Å². The van der Waals surface area contributed by atoms with Crippen LogP contribution < -0.4 is 10.1 Å². The minimum Gasteiger partial charge on any atom is -0.483 e. The lowest BCUT2D eigenvalue weighted by molar-refractivity contribution is -0.155. The quantitative estimate of drug-likeness (QED) is 0.592. The van der Waals surface area contributed by atoms with E-state index in [0.29, 0.717) is 25.3 Å². The van der Waals surface area contributed by atoms with Gasteiger partial charge in [0.1, 0.15) is 11.8 Å². The molecule has 0 saturated carbocycles. The van der Waals surface area contributed by atoms with Gasteiger partial charge in [-0.3, -0.25) is 14.4 Å². The molecule has 1 heterocycles. The highest BCUT2D eigenvalue weighted by molar-refractivity contribution is 9.10. The van der Waals surface area contributed by atoms with Crippen LogP contribution in [-0.2, 0) is 19.1 Å². The van der Waals surface area contributed by atoms with Crippen molar-refractivity contribution in [1.29, 1.82) is 0 Å². The van der Waals surface area contributed by atoms with Gasteiger partial charge in [0.25, 0.3) is 5.91 Å². The third-order valence-electron chi connectivity index (χ3n) is 4.86. The number of ether oxygens (including phenoxy) is 2. The Morgan fingerprint density at radius 1 is 1.31 bits per heavy atom. The normalized spacial score (nSPS) is 17.7. The molecule has 2 atom stereocenters. The summed E-state index contributed by atoms with van der Waals surface area (Å²) in [5.74, 6) is -0.321. The van der Waals surface area contributed by atoms with Crippen LogP contribution in [0.25, 0.3) is 0 Å². The van der Waals surface area contributed by atoms with Crippen LogP contribution >= 0.6 is 15.9 Å². The van der Waals surface area contributed by atoms with Crippen molar-refractivity contribution in [3.63, 3.8) is 0 Å². The Hall–Kier alpha value is -2.09. The average Bonchev–Trinajstić information content (AvgIpc) is 2.67. The van der Waals surface area contributed by atoms with Gasteiger partial charge in [-0.2, -0.15) is 0 Å². The Balaban J connectivity index is 2.05. The van der Waals surface area contributed by atoms with Crippen molar-refractivity contribution in [2.75, 3.05) is 19.7 Å². The molecule has 0 spiro atoms. The van der Waals surface area contributed by atoms with Gasteiger partial charge in [-0.25, -0.2) is 0 Å². The molecule has 0 radical (unpaired) electrons. The summed E-state index contributed by atoms with van der Waals surface area (Å²) in [6, 6.07) is 4.75. The van der Waals surface area contributed by atoms with Gasteiger partial charge in [-0.05, 0) is 43.0 Å². The lowest BCUT2D eigenvalue weighted by Gasteiger charge is -2.34. The van der Waals surface area contributed by atoms with Crippen molar-refractivity contribution in [1.82, 2.24) is 10.2 Å².